The second-order valence-corrected chi connectivity index (χ2v) is 10.4. The van der Waals surface area contributed by atoms with Crippen LogP contribution in [-0.2, 0) is 16.1 Å². The predicted molar refractivity (Wildman–Crippen MR) is 154 cm³/mol. The third-order valence-electron chi connectivity index (χ3n) is 6.54. The Bertz CT molecular complexity index is 1850. The molecule has 1 aliphatic rings. The molecule has 5 rings (SSSR count). The summed E-state index contributed by atoms with van der Waals surface area (Å²) < 4.78 is 13.2. The summed E-state index contributed by atoms with van der Waals surface area (Å²) >= 11 is 7.56. The number of thiazole rings is 1. The van der Waals surface area contributed by atoms with E-state index in [1.165, 1.54) is 18.4 Å². The highest BCUT2D eigenvalue weighted by molar-refractivity contribution is 7.07. The van der Waals surface area contributed by atoms with E-state index in [1.807, 2.05) is 49.4 Å². The number of rotatable bonds is 7. The molecule has 4 aromatic rings. The zero-order chi connectivity index (χ0) is 28.2. The largest absolute Gasteiger partial charge is 0.488 e. The van der Waals surface area contributed by atoms with Crippen molar-refractivity contribution in [1.29, 1.82) is 5.26 Å². The molecule has 0 saturated heterocycles. The first-order valence-corrected chi connectivity index (χ1v) is 13.7. The molecule has 3 aromatic carbocycles. The molecule has 1 aromatic heterocycles. The molecule has 0 unspecified atom stereocenters. The fourth-order valence-electron chi connectivity index (χ4n) is 4.63. The second-order valence-electron chi connectivity index (χ2n) is 8.94. The zero-order valence-electron chi connectivity index (χ0n) is 21.8. The van der Waals surface area contributed by atoms with Gasteiger partial charge in [0.25, 0.3) is 5.56 Å². The van der Waals surface area contributed by atoms with Crippen LogP contribution >= 0.6 is 22.9 Å². The molecule has 2 heterocycles. The number of aromatic nitrogens is 1. The van der Waals surface area contributed by atoms with Gasteiger partial charge in [0, 0.05) is 16.1 Å². The number of fused-ring (bicyclic) bond motifs is 1. The Morgan fingerprint density at radius 3 is 2.62 bits per heavy atom. The van der Waals surface area contributed by atoms with Crippen molar-refractivity contribution >= 4 is 35.0 Å². The van der Waals surface area contributed by atoms with Gasteiger partial charge in [-0.15, -0.1) is 0 Å². The molecule has 0 N–H and O–H groups in total. The average Bonchev–Trinajstić information content (AvgIpc) is 3.30. The molecule has 0 bridgehead atoms. The third kappa shape index (κ3) is 5.22. The first-order valence-electron chi connectivity index (χ1n) is 12.5. The molecule has 40 heavy (non-hydrogen) atoms. The maximum absolute atomic E-state index is 13.9. The number of methoxy groups -OCH3 is 1. The molecule has 0 saturated carbocycles. The minimum atomic E-state index is -0.681. The van der Waals surface area contributed by atoms with E-state index in [1.54, 1.807) is 41.0 Å². The Morgan fingerprint density at radius 2 is 1.90 bits per heavy atom. The van der Waals surface area contributed by atoms with Crippen molar-refractivity contribution in [3.05, 3.63) is 131 Å². The van der Waals surface area contributed by atoms with Crippen LogP contribution in [0.3, 0.4) is 0 Å². The quantitative estimate of drug-likeness (QED) is 0.295. The fourth-order valence-corrected chi connectivity index (χ4v) is 5.82. The Balaban J connectivity index is 1.64. The van der Waals surface area contributed by atoms with E-state index in [9.17, 15) is 14.9 Å². The lowest BCUT2D eigenvalue weighted by atomic mass is 9.95. The summed E-state index contributed by atoms with van der Waals surface area (Å²) in [5.74, 6) is -0.0148. The van der Waals surface area contributed by atoms with Crippen LogP contribution in [0.5, 0.6) is 5.75 Å². The van der Waals surface area contributed by atoms with E-state index in [0.717, 1.165) is 11.1 Å². The van der Waals surface area contributed by atoms with Gasteiger partial charge in [0.1, 0.15) is 12.4 Å². The van der Waals surface area contributed by atoms with E-state index in [0.29, 0.717) is 48.9 Å². The topological polar surface area (TPSA) is 93.7 Å². The average molecular weight is 570 g/mol. The number of ether oxygens (including phenoxy) is 2. The van der Waals surface area contributed by atoms with Gasteiger partial charge in [-0.3, -0.25) is 9.36 Å². The van der Waals surface area contributed by atoms with Crippen molar-refractivity contribution in [3.63, 3.8) is 0 Å². The zero-order valence-corrected chi connectivity index (χ0v) is 23.3. The highest BCUT2D eigenvalue weighted by atomic mass is 35.5. The Hall–Kier alpha value is -4.45. The van der Waals surface area contributed by atoms with Crippen LogP contribution in [0.4, 0.5) is 0 Å². The Kier molecular flexibility index (Phi) is 7.96. The molecule has 1 aliphatic heterocycles. The predicted octanol–water partition coefficient (Wildman–Crippen LogP) is 4.90. The first kappa shape index (κ1) is 27.1. The summed E-state index contributed by atoms with van der Waals surface area (Å²) in [6.07, 6.45) is 2.21. The van der Waals surface area contributed by atoms with Crippen molar-refractivity contribution in [2.75, 3.05) is 7.11 Å². The van der Waals surface area contributed by atoms with Crippen LogP contribution in [0.1, 0.15) is 41.6 Å². The van der Waals surface area contributed by atoms with E-state index < -0.39 is 12.0 Å². The lowest BCUT2D eigenvalue weighted by Crippen LogP contribution is -2.40. The van der Waals surface area contributed by atoms with E-state index in [-0.39, 0.29) is 12.2 Å². The minimum absolute atomic E-state index is 0.170. The van der Waals surface area contributed by atoms with Gasteiger partial charge in [0.15, 0.2) is 4.80 Å². The van der Waals surface area contributed by atoms with Crippen molar-refractivity contribution < 1.29 is 14.3 Å². The number of halogens is 1. The van der Waals surface area contributed by atoms with Crippen molar-refractivity contribution in [3.8, 4) is 11.8 Å². The molecule has 0 amide bonds. The van der Waals surface area contributed by atoms with Gasteiger partial charge in [-0.25, -0.2) is 9.79 Å². The van der Waals surface area contributed by atoms with Crippen LogP contribution in [0.15, 0.2) is 93.9 Å². The Labute approximate surface area is 239 Å². The summed E-state index contributed by atoms with van der Waals surface area (Å²) in [6.45, 7) is 2.09. The minimum Gasteiger partial charge on any atom is -0.488 e. The summed E-state index contributed by atoms with van der Waals surface area (Å²) in [4.78, 5) is 32.0. The maximum atomic E-state index is 13.9. The summed E-state index contributed by atoms with van der Waals surface area (Å²) in [5, 5.41) is 9.89. The number of nitrogens with zero attached hydrogens (tertiary/aromatic N) is 3. The van der Waals surface area contributed by atoms with Gasteiger partial charge in [-0.1, -0.05) is 78.4 Å². The van der Waals surface area contributed by atoms with Crippen LogP contribution in [0.2, 0.25) is 5.02 Å². The van der Waals surface area contributed by atoms with Crippen LogP contribution < -0.4 is 19.6 Å². The van der Waals surface area contributed by atoms with Crippen LogP contribution in [0, 0.1) is 11.3 Å². The van der Waals surface area contributed by atoms with Gasteiger partial charge >= 0.3 is 5.97 Å². The molecule has 0 radical (unpaired) electrons. The number of esters is 1. The van der Waals surface area contributed by atoms with E-state index in [4.69, 9.17) is 26.1 Å². The molecule has 0 spiro atoms. The summed E-state index contributed by atoms with van der Waals surface area (Å²) in [6, 6.07) is 23.2. The molecule has 1 atom stereocenters. The lowest BCUT2D eigenvalue weighted by molar-refractivity contribution is -0.136. The number of nitriles is 1. The first-order chi connectivity index (χ1) is 19.4. The molecular weight excluding hydrogens is 546 g/mol. The number of allylic oxidation sites excluding steroid dienone is 1. The smallest absolute Gasteiger partial charge is 0.338 e. The maximum Gasteiger partial charge on any atom is 0.338 e. The molecule has 0 fully saturated rings. The Morgan fingerprint density at radius 1 is 1.15 bits per heavy atom. The molecule has 9 heteroatoms. The SMILES string of the molecule is CCC1=C(C(=O)OC)[C@H](c2ccccc2)n2c(s/c(=C/c3cc(Cl)ccc3OCc3ccccc3C#N)c2=O)=N1. The highest BCUT2D eigenvalue weighted by Crippen LogP contribution is 2.32. The molecule has 200 valence electrons. The van der Waals surface area contributed by atoms with Crippen molar-refractivity contribution in [2.24, 2.45) is 4.99 Å². The molecular formula is C31H24ClN3O4S. The summed E-state index contributed by atoms with van der Waals surface area (Å²) in [5.41, 5.74) is 3.28. The van der Waals surface area contributed by atoms with Gasteiger partial charge < -0.3 is 9.47 Å². The van der Waals surface area contributed by atoms with Gasteiger partial charge in [0.2, 0.25) is 0 Å². The van der Waals surface area contributed by atoms with Crippen molar-refractivity contribution in [2.45, 2.75) is 26.0 Å². The number of carbonyl (C=O) groups is 1. The van der Waals surface area contributed by atoms with E-state index >= 15 is 0 Å². The van der Waals surface area contributed by atoms with Crippen LogP contribution in [0.25, 0.3) is 6.08 Å². The molecule has 7 nitrogen and oxygen atoms in total. The number of carbonyl (C=O) groups excluding carboxylic acids is 1. The normalized spacial score (nSPS) is 14.8. The number of hydrogen-bond donors (Lipinski definition) is 0. The van der Waals surface area contributed by atoms with Gasteiger partial charge in [-0.2, -0.15) is 5.26 Å². The van der Waals surface area contributed by atoms with E-state index in [2.05, 4.69) is 6.07 Å². The number of benzene rings is 3. The fraction of sp³-hybridized carbons (Fsp3) is 0.161. The van der Waals surface area contributed by atoms with Gasteiger partial charge in [-0.05, 0) is 42.3 Å². The van der Waals surface area contributed by atoms with Gasteiger partial charge in [0.05, 0.1) is 40.6 Å². The highest BCUT2D eigenvalue weighted by Gasteiger charge is 2.33. The summed E-state index contributed by atoms with van der Waals surface area (Å²) in [7, 11) is 1.32. The lowest BCUT2D eigenvalue weighted by Gasteiger charge is -2.25. The standard InChI is InChI=1S/C31H24ClN3O4S/c1-3-24-27(30(37)38-2)28(19-9-5-4-6-10-19)35-29(36)26(40-31(35)34-24)16-22-15-23(32)13-14-25(22)39-18-21-12-8-7-11-20(21)17-33/h4-16,28H,3,18H2,1-2H3/b26-16+/t28-/m0/s1. The second kappa shape index (κ2) is 11.7. The monoisotopic (exact) mass is 569 g/mol. The van der Waals surface area contributed by atoms with Crippen LogP contribution in [-0.4, -0.2) is 17.6 Å². The number of hydrogen-bond acceptors (Lipinski definition) is 7. The third-order valence-corrected chi connectivity index (χ3v) is 7.76. The molecule has 0 aliphatic carbocycles. The van der Waals surface area contributed by atoms with Crippen molar-refractivity contribution in [1.82, 2.24) is 4.57 Å².